The summed E-state index contributed by atoms with van der Waals surface area (Å²) >= 11 is 0. The first-order valence-electron chi connectivity index (χ1n) is 8.55. The number of halogens is 1. The first kappa shape index (κ1) is 19.0. The number of nitrogens with one attached hydrogen (secondary N) is 2. The molecule has 1 unspecified atom stereocenters. The Bertz CT molecular complexity index is 541. The third-order valence-electron chi connectivity index (χ3n) is 4.70. The fraction of sp³-hybridized carbons (Fsp3) is 0.611. The van der Waals surface area contributed by atoms with E-state index in [0.29, 0.717) is 12.5 Å². The second kappa shape index (κ2) is 9.25. The number of amides is 1. The van der Waals surface area contributed by atoms with Crippen molar-refractivity contribution >= 4 is 24.0 Å². The van der Waals surface area contributed by atoms with Crippen LogP contribution in [0.4, 0.5) is 5.69 Å². The van der Waals surface area contributed by atoms with Gasteiger partial charge in [0.25, 0.3) is 0 Å². The van der Waals surface area contributed by atoms with E-state index < -0.39 is 0 Å². The smallest absolute Gasteiger partial charge is 0.228 e. The number of rotatable bonds is 5. The topological polar surface area (TPSA) is 59.6 Å². The minimum atomic E-state index is 0. The summed E-state index contributed by atoms with van der Waals surface area (Å²) in [4.78, 5) is 12.2. The Balaban J connectivity index is 0.00000208. The summed E-state index contributed by atoms with van der Waals surface area (Å²) in [5.74, 6) is 1.59. The molecular weight excluding hydrogens is 328 g/mol. The summed E-state index contributed by atoms with van der Waals surface area (Å²) < 4.78 is 11.4. The fourth-order valence-electron chi connectivity index (χ4n) is 3.08. The molecule has 134 valence electrons. The van der Waals surface area contributed by atoms with Gasteiger partial charge >= 0.3 is 0 Å². The van der Waals surface area contributed by atoms with E-state index in [4.69, 9.17) is 9.47 Å². The van der Waals surface area contributed by atoms with Crippen molar-refractivity contribution in [2.45, 2.75) is 26.2 Å². The van der Waals surface area contributed by atoms with Crippen molar-refractivity contribution in [3.8, 4) is 5.75 Å². The van der Waals surface area contributed by atoms with Gasteiger partial charge in [-0.15, -0.1) is 12.4 Å². The highest BCUT2D eigenvalue weighted by molar-refractivity contribution is 5.93. The standard InChI is InChI=1S/C18H26N2O3.ClH/c1-13-2-3-16(20-18(21)15-4-7-19-11-15)10-17(13)23-12-14-5-8-22-9-6-14;/h2-3,10,14-15,19H,4-9,11-12H2,1H3,(H,20,21);1H. The van der Waals surface area contributed by atoms with Gasteiger partial charge in [-0.2, -0.15) is 0 Å². The van der Waals surface area contributed by atoms with Gasteiger partial charge in [0.2, 0.25) is 5.91 Å². The molecule has 5 nitrogen and oxygen atoms in total. The van der Waals surface area contributed by atoms with Crippen LogP contribution in [0, 0.1) is 18.8 Å². The van der Waals surface area contributed by atoms with E-state index in [2.05, 4.69) is 10.6 Å². The van der Waals surface area contributed by atoms with Crippen molar-refractivity contribution in [2.24, 2.45) is 11.8 Å². The average molecular weight is 355 g/mol. The van der Waals surface area contributed by atoms with Crippen LogP contribution >= 0.6 is 12.4 Å². The van der Waals surface area contributed by atoms with E-state index in [1.165, 1.54) is 0 Å². The number of benzene rings is 1. The monoisotopic (exact) mass is 354 g/mol. The maximum Gasteiger partial charge on any atom is 0.228 e. The van der Waals surface area contributed by atoms with Gasteiger partial charge < -0.3 is 20.1 Å². The van der Waals surface area contributed by atoms with Gasteiger partial charge in [0.05, 0.1) is 12.5 Å². The highest BCUT2D eigenvalue weighted by Crippen LogP contribution is 2.25. The van der Waals surface area contributed by atoms with E-state index in [1.807, 2.05) is 25.1 Å². The molecule has 6 heteroatoms. The Morgan fingerprint density at radius 2 is 2.12 bits per heavy atom. The van der Waals surface area contributed by atoms with Crippen LogP contribution in [0.25, 0.3) is 0 Å². The van der Waals surface area contributed by atoms with Crippen LogP contribution < -0.4 is 15.4 Å². The lowest BCUT2D eigenvalue weighted by atomic mass is 10.0. The summed E-state index contributed by atoms with van der Waals surface area (Å²) in [5.41, 5.74) is 1.91. The van der Waals surface area contributed by atoms with Crippen LogP contribution in [0.15, 0.2) is 18.2 Å². The molecule has 2 N–H and O–H groups in total. The minimum Gasteiger partial charge on any atom is -0.493 e. The number of carbonyl (C=O) groups excluding carboxylic acids is 1. The SMILES string of the molecule is Cc1ccc(NC(=O)C2CCNC2)cc1OCC1CCOCC1.Cl. The number of hydrogen-bond acceptors (Lipinski definition) is 4. The first-order valence-corrected chi connectivity index (χ1v) is 8.55. The van der Waals surface area contributed by atoms with Crippen molar-refractivity contribution in [1.29, 1.82) is 0 Å². The van der Waals surface area contributed by atoms with Crippen molar-refractivity contribution in [2.75, 3.05) is 38.2 Å². The Morgan fingerprint density at radius 1 is 1.33 bits per heavy atom. The summed E-state index contributed by atoms with van der Waals surface area (Å²) in [6.07, 6.45) is 3.03. The third kappa shape index (κ3) is 5.10. The minimum absolute atomic E-state index is 0. The molecule has 0 spiro atoms. The zero-order valence-corrected chi connectivity index (χ0v) is 15.0. The van der Waals surface area contributed by atoms with Gasteiger partial charge in [0.15, 0.2) is 0 Å². The molecule has 0 aliphatic carbocycles. The predicted octanol–water partition coefficient (Wildman–Crippen LogP) is 2.77. The lowest BCUT2D eigenvalue weighted by Gasteiger charge is -2.22. The number of anilines is 1. The van der Waals surface area contributed by atoms with Gasteiger partial charge in [-0.3, -0.25) is 4.79 Å². The predicted molar refractivity (Wildman–Crippen MR) is 97.1 cm³/mol. The highest BCUT2D eigenvalue weighted by atomic mass is 35.5. The maximum absolute atomic E-state index is 12.2. The van der Waals surface area contributed by atoms with E-state index >= 15 is 0 Å². The molecule has 24 heavy (non-hydrogen) atoms. The zero-order chi connectivity index (χ0) is 16.1. The second-order valence-corrected chi connectivity index (χ2v) is 6.53. The van der Waals surface area contributed by atoms with Crippen molar-refractivity contribution in [1.82, 2.24) is 5.32 Å². The number of hydrogen-bond donors (Lipinski definition) is 2. The Morgan fingerprint density at radius 3 is 2.83 bits per heavy atom. The molecule has 0 bridgehead atoms. The number of aryl methyl sites for hydroxylation is 1. The number of carbonyl (C=O) groups is 1. The molecule has 1 aromatic rings. The van der Waals surface area contributed by atoms with Gasteiger partial charge in [0.1, 0.15) is 5.75 Å². The van der Waals surface area contributed by atoms with Gasteiger partial charge in [0, 0.05) is 31.5 Å². The third-order valence-corrected chi connectivity index (χ3v) is 4.70. The van der Waals surface area contributed by atoms with Crippen LogP contribution in [-0.2, 0) is 9.53 Å². The van der Waals surface area contributed by atoms with Crippen LogP contribution in [-0.4, -0.2) is 38.8 Å². The molecule has 2 heterocycles. The molecule has 1 atom stereocenters. The molecular formula is C18H27ClN2O3. The van der Waals surface area contributed by atoms with Crippen LogP contribution in [0.5, 0.6) is 5.75 Å². The van der Waals surface area contributed by atoms with Gasteiger partial charge in [-0.05, 0) is 50.3 Å². The first-order chi connectivity index (χ1) is 11.2. The van der Waals surface area contributed by atoms with E-state index in [1.54, 1.807) is 0 Å². The molecule has 1 amide bonds. The molecule has 2 saturated heterocycles. The Labute approximate surface area is 149 Å². The molecule has 2 aliphatic heterocycles. The molecule has 2 aliphatic rings. The zero-order valence-electron chi connectivity index (χ0n) is 14.2. The number of ether oxygens (including phenoxy) is 2. The molecule has 2 fully saturated rings. The second-order valence-electron chi connectivity index (χ2n) is 6.53. The van der Waals surface area contributed by atoms with Gasteiger partial charge in [-0.25, -0.2) is 0 Å². The van der Waals surface area contributed by atoms with E-state index in [-0.39, 0.29) is 24.2 Å². The Hall–Kier alpha value is -1.30. The van der Waals surface area contributed by atoms with Crippen molar-refractivity contribution in [3.63, 3.8) is 0 Å². The largest absolute Gasteiger partial charge is 0.493 e. The van der Waals surface area contributed by atoms with E-state index in [9.17, 15) is 4.79 Å². The van der Waals surface area contributed by atoms with Crippen LogP contribution in [0.2, 0.25) is 0 Å². The Kier molecular flexibility index (Phi) is 7.34. The van der Waals surface area contributed by atoms with Crippen molar-refractivity contribution < 1.29 is 14.3 Å². The normalized spacial score (nSPS) is 21.1. The molecule has 1 aromatic carbocycles. The average Bonchev–Trinajstić information content (AvgIpc) is 3.11. The maximum atomic E-state index is 12.2. The summed E-state index contributed by atoms with van der Waals surface area (Å²) in [6.45, 7) is 6.10. The molecule has 3 rings (SSSR count). The lowest BCUT2D eigenvalue weighted by molar-refractivity contribution is -0.119. The summed E-state index contributed by atoms with van der Waals surface area (Å²) in [7, 11) is 0. The quantitative estimate of drug-likeness (QED) is 0.853. The van der Waals surface area contributed by atoms with Crippen LogP contribution in [0.1, 0.15) is 24.8 Å². The highest BCUT2D eigenvalue weighted by Gasteiger charge is 2.22. The molecule has 0 saturated carbocycles. The van der Waals surface area contributed by atoms with E-state index in [0.717, 1.165) is 62.6 Å². The summed E-state index contributed by atoms with van der Waals surface area (Å²) in [5, 5.41) is 6.23. The summed E-state index contributed by atoms with van der Waals surface area (Å²) in [6, 6.07) is 5.88. The van der Waals surface area contributed by atoms with Gasteiger partial charge in [-0.1, -0.05) is 6.07 Å². The van der Waals surface area contributed by atoms with Crippen molar-refractivity contribution in [3.05, 3.63) is 23.8 Å². The molecule has 0 radical (unpaired) electrons. The molecule has 0 aromatic heterocycles. The lowest BCUT2D eigenvalue weighted by Crippen LogP contribution is -2.24. The fourth-order valence-corrected chi connectivity index (χ4v) is 3.08. The van der Waals surface area contributed by atoms with Crippen LogP contribution in [0.3, 0.4) is 0 Å².